The Bertz CT molecular complexity index is 520. The van der Waals surface area contributed by atoms with Crippen molar-refractivity contribution in [2.45, 2.75) is 12.5 Å². The molecule has 4 heteroatoms. The molecule has 1 unspecified atom stereocenters. The first-order chi connectivity index (χ1) is 7.25. The number of benzene rings is 1. The Morgan fingerprint density at radius 1 is 1.40 bits per heavy atom. The van der Waals surface area contributed by atoms with E-state index in [1.807, 2.05) is 24.3 Å². The summed E-state index contributed by atoms with van der Waals surface area (Å²) in [5.41, 5.74) is 0. The Morgan fingerprint density at radius 2 is 2.20 bits per heavy atom. The van der Waals surface area contributed by atoms with E-state index in [2.05, 4.69) is 9.98 Å². The van der Waals surface area contributed by atoms with Gasteiger partial charge in [0.2, 0.25) is 0 Å². The number of para-hydroxylation sites is 1. The second-order valence-electron chi connectivity index (χ2n) is 3.28. The van der Waals surface area contributed by atoms with Gasteiger partial charge in [0.15, 0.2) is 0 Å². The number of hydrogen-bond donors (Lipinski definition) is 1. The molecule has 0 saturated carbocycles. The van der Waals surface area contributed by atoms with Crippen LogP contribution in [0.4, 0.5) is 0 Å². The van der Waals surface area contributed by atoms with Crippen molar-refractivity contribution >= 4 is 18.4 Å². The van der Waals surface area contributed by atoms with Gasteiger partial charge in [-0.3, -0.25) is 14.8 Å². The lowest BCUT2D eigenvalue weighted by molar-refractivity contribution is -0.137. The molecule has 1 atom stereocenters. The van der Waals surface area contributed by atoms with E-state index in [0.29, 0.717) is 0 Å². The number of aliphatic carboxylic acids is 1. The van der Waals surface area contributed by atoms with Crippen LogP contribution in [0.15, 0.2) is 34.3 Å². The normalized spacial score (nSPS) is 18.3. The predicted molar refractivity (Wildman–Crippen MR) is 56.2 cm³/mol. The van der Waals surface area contributed by atoms with Crippen LogP contribution in [0.3, 0.4) is 0 Å². The van der Waals surface area contributed by atoms with Crippen molar-refractivity contribution in [3.8, 4) is 0 Å². The van der Waals surface area contributed by atoms with Crippen LogP contribution in [-0.2, 0) is 4.79 Å². The lowest BCUT2D eigenvalue weighted by atomic mass is 10.2. The highest BCUT2D eigenvalue weighted by molar-refractivity contribution is 5.77. The fraction of sp³-hybridized carbons (Fsp3) is 0.182. The molecule has 0 amide bonds. The topological polar surface area (TPSA) is 62.0 Å². The van der Waals surface area contributed by atoms with Gasteiger partial charge in [-0.05, 0) is 6.07 Å². The van der Waals surface area contributed by atoms with Crippen LogP contribution in [0, 0.1) is 0 Å². The molecule has 0 saturated heterocycles. The molecule has 1 N–H and O–H groups in total. The lowest BCUT2D eigenvalue weighted by Crippen LogP contribution is -2.26. The molecule has 0 aromatic heterocycles. The van der Waals surface area contributed by atoms with Gasteiger partial charge in [0, 0.05) is 17.6 Å². The zero-order valence-corrected chi connectivity index (χ0v) is 8.00. The largest absolute Gasteiger partial charge is 0.481 e. The number of hydrogen-bond acceptors (Lipinski definition) is 3. The third-order valence-electron chi connectivity index (χ3n) is 2.10. The summed E-state index contributed by atoms with van der Waals surface area (Å²) >= 11 is 0. The maximum Gasteiger partial charge on any atom is 0.305 e. The lowest BCUT2D eigenvalue weighted by Gasteiger charge is -2.00. The molecule has 0 bridgehead atoms. The van der Waals surface area contributed by atoms with Crippen molar-refractivity contribution in [1.29, 1.82) is 0 Å². The molecule has 1 aliphatic rings. The van der Waals surface area contributed by atoms with Crippen LogP contribution in [0.1, 0.15) is 6.42 Å². The van der Waals surface area contributed by atoms with Gasteiger partial charge in [0.25, 0.3) is 0 Å². The van der Waals surface area contributed by atoms with Crippen molar-refractivity contribution < 1.29 is 9.90 Å². The van der Waals surface area contributed by atoms with Crippen LogP contribution >= 0.6 is 0 Å². The smallest absolute Gasteiger partial charge is 0.305 e. The quantitative estimate of drug-likeness (QED) is 0.732. The number of rotatable bonds is 2. The first kappa shape index (κ1) is 9.58. The third-order valence-corrected chi connectivity index (χ3v) is 2.10. The van der Waals surface area contributed by atoms with E-state index in [1.165, 1.54) is 0 Å². The molecule has 2 rings (SSSR count). The van der Waals surface area contributed by atoms with Crippen LogP contribution in [-0.4, -0.2) is 23.3 Å². The van der Waals surface area contributed by atoms with Gasteiger partial charge in [-0.15, -0.1) is 0 Å². The number of nitrogens with zero attached hydrogens (tertiary/aromatic N) is 2. The Balaban J connectivity index is 2.43. The molecule has 0 radical (unpaired) electrons. The fourth-order valence-corrected chi connectivity index (χ4v) is 1.43. The van der Waals surface area contributed by atoms with Crippen molar-refractivity contribution in [3.63, 3.8) is 0 Å². The summed E-state index contributed by atoms with van der Waals surface area (Å²) in [4.78, 5) is 18.9. The monoisotopic (exact) mass is 202 g/mol. The zero-order valence-electron chi connectivity index (χ0n) is 8.00. The number of aliphatic imine (C=N–C) groups is 1. The molecule has 4 nitrogen and oxygen atoms in total. The minimum absolute atomic E-state index is 0.0221. The summed E-state index contributed by atoms with van der Waals surface area (Å²) in [7, 11) is 0. The average Bonchev–Trinajstić information content (AvgIpc) is 2.38. The number of fused-ring (bicyclic) bond motifs is 1. The summed E-state index contributed by atoms with van der Waals surface area (Å²) < 4.78 is 0. The predicted octanol–water partition coefficient (Wildman–Crippen LogP) is -0.0281. The Hall–Kier alpha value is -1.97. The fourth-order valence-electron chi connectivity index (χ4n) is 1.43. The van der Waals surface area contributed by atoms with Gasteiger partial charge in [-0.1, -0.05) is 18.2 Å². The van der Waals surface area contributed by atoms with Crippen LogP contribution in [0.5, 0.6) is 0 Å². The maximum absolute atomic E-state index is 10.6. The summed E-state index contributed by atoms with van der Waals surface area (Å²) in [6.45, 7) is 0. The molecular formula is C11H10N2O2. The van der Waals surface area contributed by atoms with Gasteiger partial charge in [-0.25, -0.2) is 0 Å². The van der Waals surface area contributed by atoms with E-state index in [-0.39, 0.29) is 12.5 Å². The molecule has 0 fully saturated rings. The highest BCUT2D eigenvalue weighted by Gasteiger charge is 2.09. The molecule has 1 aromatic rings. The van der Waals surface area contributed by atoms with Crippen molar-refractivity contribution in [2.24, 2.45) is 9.98 Å². The second kappa shape index (κ2) is 4.04. The van der Waals surface area contributed by atoms with E-state index in [4.69, 9.17) is 5.11 Å². The zero-order chi connectivity index (χ0) is 10.7. The van der Waals surface area contributed by atoms with Gasteiger partial charge in [0.1, 0.15) is 0 Å². The standard InChI is InChI=1S/C11H10N2O2/c14-11(15)5-9-7-12-6-8-3-1-2-4-10(8)13-9/h1-4,6-7,9H,5H2,(H,14,15). The van der Waals surface area contributed by atoms with Crippen LogP contribution in [0.25, 0.3) is 6.20 Å². The Labute approximate surface area is 86.3 Å². The molecule has 0 aliphatic carbocycles. The van der Waals surface area contributed by atoms with Gasteiger partial charge < -0.3 is 5.11 Å². The van der Waals surface area contributed by atoms with E-state index in [0.717, 1.165) is 10.6 Å². The molecule has 76 valence electrons. The third kappa shape index (κ3) is 2.28. The molecule has 1 aromatic carbocycles. The molecule has 15 heavy (non-hydrogen) atoms. The maximum atomic E-state index is 10.6. The van der Waals surface area contributed by atoms with Gasteiger partial charge in [0.05, 0.1) is 17.8 Å². The molecule has 1 aliphatic heterocycles. The van der Waals surface area contributed by atoms with Crippen molar-refractivity contribution in [2.75, 3.05) is 0 Å². The summed E-state index contributed by atoms with van der Waals surface area (Å²) in [5, 5.41) is 10.4. The summed E-state index contributed by atoms with van der Waals surface area (Å²) in [6, 6.07) is 7.16. The number of carbonyl (C=O) groups is 1. The van der Waals surface area contributed by atoms with Crippen LogP contribution in [0.2, 0.25) is 0 Å². The van der Waals surface area contributed by atoms with E-state index in [9.17, 15) is 4.79 Å². The molecular weight excluding hydrogens is 192 g/mol. The van der Waals surface area contributed by atoms with E-state index >= 15 is 0 Å². The molecule has 0 spiro atoms. The highest BCUT2D eigenvalue weighted by atomic mass is 16.4. The summed E-state index contributed by atoms with van der Waals surface area (Å²) in [5.74, 6) is -0.866. The Morgan fingerprint density at radius 3 is 3.00 bits per heavy atom. The average molecular weight is 202 g/mol. The summed E-state index contributed by atoms with van der Waals surface area (Å²) in [6.07, 6.45) is 3.24. The molecule has 1 heterocycles. The minimum atomic E-state index is -0.866. The van der Waals surface area contributed by atoms with Crippen LogP contribution < -0.4 is 10.6 Å². The first-order valence-electron chi connectivity index (χ1n) is 4.64. The Kier molecular flexibility index (Phi) is 2.58. The number of carboxylic acids is 1. The number of carboxylic acid groups (broad SMARTS) is 1. The van der Waals surface area contributed by atoms with Gasteiger partial charge >= 0.3 is 5.97 Å². The van der Waals surface area contributed by atoms with E-state index < -0.39 is 5.97 Å². The SMILES string of the molecule is O=C(O)CC1C=NC=c2ccccc2=N1. The minimum Gasteiger partial charge on any atom is -0.481 e. The van der Waals surface area contributed by atoms with E-state index in [1.54, 1.807) is 12.4 Å². The first-order valence-corrected chi connectivity index (χ1v) is 4.64. The van der Waals surface area contributed by atoms with Crippen molar-refractivity contribution in [1.82, 2.24) is 0 Å². The second-order valence-corrected chi connectivity index (χ2v) is 3.28. The van der Waals surface area contributed by atoms with Gasteiger partial charge in [-0.2, -0.15) is 0 Å². The highest BCUT2D eigenvalue weighted by Crippen LogP contribution is 1.95. The van der Waals surface area contributed by atoms with Crippen molar-refractivity contribution in [3.05, 3.63) is 34.8 Å².